The zero-order valence-corrected chi connectivity index (χ0v) is 22.8. The molecule has 3 aromatic rings. The number of carbonyl (C=O) groups excluding carboxylic acids is 2. The number of nitrogens with one attached hydrogen (secondary N) is 1. The fourth-order valence-electron chi connectivity index (χ4n) is 4.63. The van der Waals surface area contributed by atoms with Gasteiger partial charge in [0.2, 0.25) is 10.0 Å². The predicted molar refractivity (Wildman–Crippen MR) is 148 cm³/mol. The molecule has 40 heavy (non-hydrogen) atoms. The Morgan fingerprint density at radius 2 is 1.65 bits per heavy atom. The summed E-state index contributed by atoms with van der Waals surface area (Å²) in [7, 11) is -4.09. The Kier molecular flexibility index (Phi) is 9.18. The minimum atomic E-state index is -4.09. The van der Waals surface area contributed by atoms with Crippen molar-refractivity contribution in [3.63, 3.8) is 0 Å². The number of sulfonamides is 1. The Hall–Kier alpha value is -4.22. The van der Waals surface area contributed by atoms with Crippen molar-refractivity contribution in [2.75, 3.05) is 13.1 Å². The molecule has 0 spiro atoms. The first kappa shape index (κ1) is 28.8. The largest absolute Gasteiger partial charge is 0.481 e. The molecule has 2 unspecified atom stereocenters. The third-order valence-electron chi connectivity index (χ3n) is 6.45. The highest BCUT2D eigenvalue weighted by molar-refractivity contribution is 7.88. The molecule has 0 aliphatic carbocycles. The molecule has 1 aliphatic heterocycles. The number of rotatable bonds is 9. The summed E-state index contributed by atoms with van der Waals surface area (Å²) in [5, 5.41) is 12.2. The van der Waals surface area contributed by atoms with Crippen LogP contribution in [0, 0.1) is 6.92 Å². The van der Waals surface area contributed by atoms with Crippen LogP contribution in [0.15, 0.2) is 84.9 Å². The van der Waals surface area contributed by atoms with E-state index in [1.54, 1.807) is 78.9 Å². The van der Waals surface area contributed by atoms with Crippen LogP contribution in [-0.2, 0) is 25.4 Å². The molecule has 0 saturated carbocycles. The standard InChI is InChI=1S/C29H31N3O7S/c1-21-10-8-13-23(18-21)25(19-26(33)34)30-27(35)28-31(29(36)39-24-14-6-3-7-15-24)16-9-17-32(28)40(37,38)20-22-11-4-2-5-12-22/h2-8,10-15,18,25,28H,9,16-17,19-20H2,1H3,(H,30,35)(H,33,34). The van der Waals surface area contributed by atoms with Crippen LogP contribution in [0.3, 0.4) is 0 Å². The maximum Gasteiger partial charge on any atom is 0.416 e. The second kappa shape index (κ2) is 12.8. The van der Waals surface area contributed by atoms with Gasteiger partial charge in [-0.3, -0.25) is 14.5 Å². The van der Waals surface area contributed by atoms with E-state index in [0.717, 1.165) is 14.8 Å². The summed E-state index contributed by atoms with van der Waals surface area (Å²) < 4.78 is 33.8. The molecular weight excluding hydrogens is 534 g/mol. The molecule has 0 radical (unpaired) electrons. The summed E-state index contributed by atoms with van der Waals surface area (Å²) in [5.41, 5.74) is 1.93. The van der Waals surface area contributed by atoms with Gasteiger partial charge in [-0.2, -0.15) is 4.31 Å². The van der Waals surface area contributed by atoms with E-state index < -0.39 is 46.6 Å². The Morgan fingerprint density at radius 1 is 0.975 bits per heavy atom. The molecule has 2 amide bonds. The molecule has 1 aliphatic rings. The van der Waals surface area contributed by atoms with Crippen LogP contribution in [0.25, 0.3) is 0 Å². The first-order chi connectivity index (χ1) is 19.1. The fraction of sp³-hybridized carbons (Fsp3) is 0.276. The quantitative estimate of drug-likeness (QED) is 0.404. The van der Waals surface area contributed by atoms with Gasteiger partial charge in [-0.25, -0.2) is 13.2 Å². The molecule has 0 bridgehead atoms. The van der Waals surface area contributed by atoms with Crippen LogP contribution in [0.4, 0.5) is 4.79 Å². The molecule has 2 N–H and O–H groups in total. The van der Waals surface area contributed by atoms with Crippen molar-refractivity contribution in [1.29, 1.82) is 0 Å². The lowest BCUT2D eigenvalue weighted by Crippen LogP contribution is -2.64. The van der Waals surface area contributed by atoms with Gasteiger partial charge in [0.05, 0.1) is 18.2 Å². The molecular formula is C29H31N3O7S. The van der Waals surface area contributed by atoms with Gasteiger partial charge in [0.15, 0.2) is 6.17 Å². The number of nitrogens with zero attached hydrogens (tertiary/aromatic N) is 2. The van der Waals surface area contributed by atoms with Gasteiger partial charge in [-0.05, 0) is 36.6 Å². The molecule has 10 nitrogen and oxygen atoms in total. The molecule has 210 valence electrons. The highest BCUT2D eigenvalue weighted by atomic mass is 32.2. The van der Waals surface area contributed by atoms with Crippen molar-refractivity contribution < 1.29 is 32.6 Å². The Balaban J connectivity index is 1.68. The Labute approximate surface area is 233 Å². The lowest BCUT2D eigenvalue weighted by atomic mass is 10.0. The van der Waals surface area contributed by atoms with Gasteiger partial charge in [0.1, 0.15) is 5.75 Å². The highest BCUT2D eigenvalue weighted by Crippen LogP contribution is 2.25. The average Bonchev–Trinajstić information content (AvgIpc) is 2.93. The zero-order chi connectivity index (χ0) is 28.7. The number of amides is 2. The maximum atomic E-state index is 13.9. The van der Waals surface area contributed by atoms with Crippen LogP contribution in [0.1, 0.15) is 35.6 Å². The molecule has 1 saturated heterocycles. The van der Waals surface area contributed by atoms with E-state index in [1.165, 1.54) is 0 Å². The van der Waals surface area contributed by atoms with Gasteiger partial charge in [0, 0.05) is 13.1 Å². The first-order valence-electron chi connectivity index (χ1n) is 12.8. The van der Waals surface area contributed by atoms with Gasteiger partial charge in [-0.15, -0.1) is 0 Å². The minimum absolute atomic E-state index is 0.00356. The van der Waals surface area contributed by atoms with E-state index in [2.05, 4.69) is 5.32 Å². The topological polar surface area (TPSA) is 133 Å². The second-order valence-corrected chi connectivity index (χ2v) is 11.4. The highest BCUT2D eigenvalue weighted by Gasteiger charge is 2.45. The number of carboxylic acids is 1. The number of carbonyl (C=O) groups is 3. The number of hydrogen-bond acceptors (Lipinski definition) is 6. The maximum absolute atomic E-state index is 13.9. The third-order valence-corrected chi connectivity index (χ3v) is 8.25. The van der Waals surface area contributed by atoms with E-state index in [-0.39, 0.29) is 31.0 Å². The molecule has 2 atom stereocenters. The summed E-state index contributed by atoms with van der Waals surface area (Å²) in [5.74, 6) is -2.12. The smallest absolute Gasteiger partial charge is 0.416 e. The summed E-state index contributed by atoms with van der Waals surface area (Å²) >= 11 is 0. The number of carboxylic acid groups (broad SMARTS) is 1. The summed E-state index contributed by atoms with van der Waals surface area (Å²) in [4.78, 5) is 39.9. The average molecular weight is 566 g/mol. The molecule has 0 aromatic heterocycles. The number of hydrogen-bond donors (Lipinski definition) is 2. The van der Waals surface area contributed by atoms with Crippen molar-refractivity contribution in [3.8, 4) is 5.75 Å². The molecule has 3 aromatic carbocycles. The van der Waals surface area contributed by atoms with Crippen molar-refractivity contribution in [1.82, 2.24) is 14.5 Å². The first-order valence-corrected chi connectivity index (χ1v) is 14.4. The van der Waals surface area contributed by atoms with Crippen molar-refractivity contribution in [2.45, 2.75) is 37.7 Å². The minimum Gasteiger partial charge on any atom is -0.481 e. The number of ether oxygens (including phenoxy) is 1. The third kappa shape index (κ3) is 7.25. The van der Waals surface area contributed by atoms with Crippen LogP contribution < -0.4 is 10.1 Å². The normalized spacial score (nSPS) is 16.6. The van der Waals surface area contributed by atoms with Crippen LogP contribution in [0.5, 0.6) is 5.75 Å². The summed E-state index contributed by atoms with van der Waals surface area (Å²) in [6, 6.07) is 22.8. The van der Waals surface area contributed by atoms with E-state index in [9.17, 15) is 27.9 Å². The van der Waals surface area contributed by atoms with E-state index >= 15 is 0 Å². The van der Waals surface area contributed by atoms with Crippen molar-refractivity contribution in [3.05, 3.63) is 102 Å². The fourth-order valence-corrected chi connectivity index (χ4v) is 6.33. The number of aliphatic carboxylic acids is 1. The van der Waals surface area contributed by atoms with Crippen molar-refractivity contribution in [2.24, 2.45) is 0 Å². The molecule has 1 fully saturated rings. The molecule has 11 heteroatoms. The van der Waals surface area contributed by atoms with Gasteiger partial charge < -0.3 is 15.2 Å². The van der Waals surface area contributed by atoms with Gasteiger partial charge >= 0.3 is 12.1 Å². The van der Waals surface area contributed by atoms with E-state index in [1.807, 2.05) is 13.0 Å². The Morgan fingerprint density at radius 3 is 2.30 bits per heavy atom. The van der Waals surface area contributed by atoms with Crippen LogP contribution >= 0.6 is 0 Å². The molecule has 4 rings (SSSR count). The van der Waals surface area contributed by atoms with E-state index in [0.29, 0.717) is 11.1 Å². The summed E-state index contributed by atoms with van der Waals surface area (Å²) in [6.07, 6.45) is -2.64. The number of para-hydroxylation sites is 1. The number of benzene rings is 3. The van der Waals surface area contributed by atoms with Gasteiger partial charge in [-0.1, -0.05) is 78.4 Å². The lowest BCUT2D eigenvalue weighted by molar-refractivity contribution is -0.138. The Bertz CT molecular complexity index is 1450. The SMILES string of the molecule is Cc1cccc(C(CC(=O)O)NC(=O)C2N(C(=O)Oc3ccccc3)CCCN2S(=O)(=O)Cc2ccccc2)c1. The summed E-state index contributed by atoms with van der Waals surface area (Å²) in [6.45, 7) is 1.90. The number of aryl methyl sites for hydroxylation is 1. The van der Waals surface area contributed by atoms with Gasteiger partial charge in [0.25, 0.3) is 5.91 Å². The lowest BCUT2D eigenvalue weighted by Gasteiger charge is -2.41. The predicted octanol–water partition coefficient (Wildman–Crippen LogP) is 3.69. The van der Waals surface area contributed by atoms with E-state index in [4.69, 9.17) is 4.74 Å². The molecule has 1 heterocycles. The van der Waals surface area contributed by atoms with Crippen LogP contribution in [0.2, 0.25) is 0 Å². The van der Waals surface area contributed by atoms with Crippen LogP contribution in [-0.4, -0.2) is 60.0 Å². The van der Waals surface area contributed by atoms with Crippen molar-refractivity contribution >= 4 is 28.0 Å². The second-order valence-electron chi connectivity index (χ2n) is 9.53. The zero-order valence-electron chi connectivity index (χ0n) is 22.0. The monoisotopic (exact) mass is 565 g/mol.